The van der Waals surface area contributed by atoms with Crippen LogP contribution in [0.1, 0.15) is 77.7 Å². The third-order valence-corrected chi connectivity index (χ3v) is 9.35. The second kappa shape index (κ2) is 13.6. The molecule has 2 saturated heterocycles. The minimum atomic E-state index is -0.705. The minimum absolute atomic E-state index is 0.0505. The van der Waals surface area contributed by atoms with Crippen molar-refractivity contribution in [3.8, 4) is 11.6 Å². The van der Waals surface area contributed by atoms with Crippen LogP contribution >= 0.6 is 0 Å². The summed E-state index contributed by atoms with van der Waals surface area (Å²) in [6.45, 7) is 7.62. The molecule has 45 heavy (non-hydrogen) atoms. The molecular weight excluding hydrogens is 579 g/mol. The minimum Gasteiger partial charge on any atom is -0.497 e. The summed E-state index contributed by atoms with van der Waals surface area (Å²) in [4.78, 5) is 46.8. The number of carbonyl (C=O) groups is 3. The zero-order valence-electron chi connectivity index (χ0n) is 26.9. The SMILES string of the molecule is COc1ccc(CN2C(=O)CCN(c3ccnc(OCCC4CCC5(CC4)CCN(C(=O)OC(C)(C)C)CC5)c3F)C2=O)cc1. The predicted octanol–water partition coefficient (Wildman–Crippen LogP) is 6.56. The summed E-state index contributed by atoms with van der Waals surface area (Å²) in [5.41, 5.74) is 0.603. The smallest absolute Gasteiger partial charge is 0.410 e. The fourth-order valence-electron chi connectivity index (χ4n) is 6.60. The molecule has 3 aliphatic rings. The molecular formula is C34H45FN4O6. The number of pyridine rings is 1. The number of piperidine rings is 1. The molecule has 0 bridgehead atoms. The van der Waals surface area contributed by atoms with Crippen molar-refractivity contribution in [1.82, 2.24) is 14.8 Å². The summed E-state index contributed by atoms with van der Waals surface area (Å²) in [6.07, 6.45) is 8.45. The number of hydrogen-bond acceptors (Lipinski definition) is 7. The molecule has 5 rings (SSSR count). The van der Waals surface area contributed by atoms with Gasteiger partial charge in [-0.2, -0.15) is 4.39 Å². The number of hydrogen-bond donors (Lipinski definition) is 0. The van der Waals surface area contributed by atoms with Crippen LogP contribution in [0.2, 0.25) is 0 Å². The van der Waals surface area contributed by atoms with Gasteiger partial charge in [-0.1, -0.05) is 12.1 Å². The largest absolute Gasteiger partial charge is 0.497 e. The van der Waals surface area contributed by atoms with Gasteiger partial charge in [0.15, 0.2) is 0 Å². The Labute approximate surface area is 264 Å². The highest BCUT2D eigenvalue weighted by molar-refractivity contribution is 6.05. The predicted molar refractivity (Wildman–Crippen MR) is 167 cm³/mol. The van der Waals surface area contributed by atoms with Crippen molar-refractivity contribution in [2.24, 2.45) is 11.3 Å². The molecule has 10 nitrogen and oxygen atoms in total. The summed E-state index contributed by atoms with van der Waals surface area (Å²) < 4.78 is 32.2. The number of likely N-dealkylation sites (tertiary alicyclic amines) is 1. The highest BCUT2D eigenvalue weighted by Crippen LogP contribution is 2.47. The van der Waals surface area contributed by atoms with Gasteiger partial charge in [-0.3, -0.25) is 14.6 Å². The lowest BCUT2D eigenvalue weighted by atomic mass is 9.65. The van der Waals surface area contributed by atoms with Gasteiger partial charge in [0.1, 0.15) is 11.4 Å². The monoisotopic (exact) mass is 624 g/mol. The standard InChI is InChI=1S/C34H45FN4O6/c1-33(2,3)45-32(42)37-20-16-34(17-21-37)14-9-24(10-15-34)13-22-44-30-29(35)27(11-18-36-30)38-19-12-28(40)39(31(38)41)23-25-5-7-26(43-4)8-6-25/h5-8,11,18,24H,9-10,12-17,19-23H2,1-4H3. The number of benzene rings is 1. The summed E-state index contributed by atoms with van der Waals surface area (Å²) in [5, 5.41) is 0. The van der Waals surface area contributed by atoms with E-state index in [4.69, 9.17) is 14.2 Å². The van der Waals surface area contributed by atoms with E-state index in [2.05, 4.69) is 4.98 Å². The van der Waals surface area contributed by atoms with Gasteiger partial charge in [-0.25, -0.2) is 14.6 Å². The van der Waals surface area contributed by atoms with E-state index in [1.54, 1.807) is 31.4 Å². The molecule has 1 aromatic carbocycles. The first-order valence-electron chi connectivity index (χ1n) is 16.0. The van der Waals surface area contributed by atoms with E-state index < -0.39 is 17.4 Å². The highest BCUT2D eigenvalue weighted by Gasteiger charge is 2.40. The van der Waals surface area contributed by atoms with Crippen LogP contribution in [0, 0.1) is 17.2 Å². The van der Waals surface area contributed by atoms with Crippen LogP contribution in [-0.2, 0) is 16.1 Å². The molecule has 1 spiro atoms. The fraction of sp³-hybridized carbons (Fsp3) is 0.588. The second-order valence-electron chi connectivity index (χ2n) is 13.5. The molecule has 1 aliphatic carbocycles. The Morgan fingerprint density at radius 3 is 2.36 bits per heavy atom. The quantitative estimate of drug-likeness (QED) is 0.328. The van der Waals surface area contributed by atoms with Gasteiger partial charge in [0.05, 0.1) is 25.9 Å². The Hall–Kier alpha value is -3.89. The lowest BCUT2D eigenvalue weighted by molar-refractivity contribution is -0.129. The van der Waals surface area contributed by atoms with Crippen molar-refractivity contribution in [3.63, 3.8) is 0 Å². The molecule has 0 atom stereocenters. The van der Waals surface area contributed by atoms with E-state index in [-0.39, 0.29) is 48.5 Å². The third-order valence-electron chi connectivity index (χ3n) is 9.35. The molecule has 2 aromatic rings. The lowest BCUT2D eigenvalue weighted by Crippen LogP contribution is -2.52. The van der Waals surface area contributed by atoms with E-state index in [1.165, 1.54) is 17.2 Å². The number of methoxy groups -OCH3 is 1. The molecule has 1 saturated carbocycles. The Kier molecular flexibility index (Phi) is 9.84. The number of rotatable bonds is 8. The number of carbonyl (C=O) groups excluding carboxylic acids is 3. The average Bonchev–Trinajstić information content (AvgIpc) is 3.01. The lowest BCUT2D eigenvalue weighted by Gasteiger charge is -2.46. The number of nitrogens with zero attached hydrogens (tertiary/aromatic N) is 4. The van der Waals surface area contributed by atoms with E-state index >= 15 is 4.39 Å². The Balaban J connectivity index is 1.11. The Bertz CT molecular complexity index is 1360. The topological polar surface area (TPSA) is 102 Å². The van der Waals surface area contributed by atoms with E-state index in [1.807, 2.05) is 25.7 Å². The van der Waals surface area contributed by atoms with Crippen LogP contribution in [-0.4, -0.2) is 71.8 Å². The maximum atomic E-state index is 15.6. The maximum absolute atomic E-state index is 15.6. The molecule has 0 radical (unpaired) electrons. The zero-order chi connectivity index (χ0) is 32.2. The van der Waals surface area contributed by atoms with Gasteiger partial charge in [0, 0.05) is 32.3 Å². The van der Waals surface area contributed by atoms with Crippen molar-refractivity contribution in [2.75, 3.05) is 38.3 Å². The molecule has 3 heterocycles. The maximum Gasteiger partial charge on any atom is 0.410 e. The van der Waals surface area contributed by atoms with Crippen molar-refractivity contribution in [2.45, 2.75) is 84.3 Å². The van der Waals surface area contributed by atoms with Crippen LogP contribution in [0.25, 0.3) is 0 Å². The summed E-state index contributed by atoms with van der Waals surface area (Å²) in [5.74, 6) is 0.00494. The van der Waals surface area contributed by atoms with E-state index in [9.17, 15) is 14.4 Å². The van der Waals surface area contributed by atoms with Gasteiger partial charge in [-0.05, 0) is 101 Å². The number of amides is 4. The van der Waals surface area contributed by atoms with Crippen molar-refractivity contribution in [1.29, 1.82) is 0 Å². The van der Waals surface area contributed by atoms with Crippen LogP contribution in [0.15, 0.2) is 36.5 Å². The summed E-state index contributed by atoms with van der Waals surface area (Å²) in [7, 11) is 1.57. The molecule has 0 unspecified atom stereocenters. The molecule has 1 aromatic heterocycles. The van der Waals surface area contributed by atoms with Crippen molar-refractivity contribution >= 4 is 23.7 Å². The summed E-state index contributed by atoms with van der Waals surface area (Å²) in [6, 6.07) is 7.97. The highest BCUT2D eigenvalue weighted by atomic mass is 19.1. The molecule has 11 heteroatoms. The number of urea groups is 1. The van der Waals surface area contributed by atoms with Crippen LogP contribution in [0.4, 0.5) is 19.7 Å². The van der Waals surface area contributed by atoms with Crippen LogP contribution < -0.4 is 14.4 Å². The normalized spacial score (nSPS) is 19.2. The van der Waals surface area contributed by atoms with E-state index in [0.717, 1.165) is 68.5 Å². The number of anilines is 1. The zero-order valence-corrected chi connectivity index (χ0v) is 26.9. The number of imide groups is 1. The van der Waals surface area contributed by atoms with Crippen molar-refractivity contribution in [3.05, 3.63) is 47.9 Å². The van der Waals surface area contributed by atoms with Crippen LogP contribution in [0.3, 0.4) is 0 Å². The molecule has 244 valence electrons. The Morgan fingerprint density at radius 1 is 1.02 bits per heavy atom. The first-order valence-corrected chi connectivity index (χ1v) is 16.0. The van der Waals surface area contributed by atoms with E-state index in [0.29, 0.717) is 18.3 Å². The molecule has 3 fully saturated rings. The van der Waals surface area contributed by atoms with Gasteiger partial charge in [0.2, 0.25) is 11.7 Å². The fourth-order valence-corrected chi connectivity index (χ4v) is 6.60. The Morgan fingerprint density at radius 2 is 1.71 bits per heavy atom. The molecule has 0 N–H and O–H groups in total. The van der Waals surface area contributed by atoms with Gasteiger partial charge in [-0.15, -0.1) is 0 Å². The van der Waals surface area contributed by atoms with Gasteiger partial charge >= 0.3 is 12.1 Å². The summed E-state index contributed by atoms with van der Waals surface area (Å²) >= 11 is 0. The first kappa shape index (κ1) is 32.5. The first-order chi connectivity index (χ1) is 21.5. The van der Waals surface area contributed by atoms with Crippen molar-refractivity contribution < 1.29 is 33.0 Å². The van der Waals surface area contributed by atoms with Gasteiger partial charge < -0.3 is 19.1 Å². The number of aromatic nitrogens is 1. The number of halogens is 1. The third kappa shape index (κ3) is 7.86. The number of ether oxygens (including phenoxy) is 3. The second-order valence-corrected chi connectivity index (χ2v) is 13.5. The molecule has 4 amide bonds. The van der Waals surface area contributed by atoms with Crippen LogP contribution in [0.5, 0.6) is 11.6 Å². The average molecular weight is 625 g/mol. The van der Waals surface area contributed by atoms with Gasteiger partial charge in [0.25, 0.3) is 5.88 Å². The molecule has 2 aliphatic heterocycles.